The summed E-state index contributed by atoms with van der Waals surface area (Å²) in [6, 6.07) is 6.86. The Labute approximate surface area is 129 Å². The summed E-state index contributed by atoms with van der Waals surface area (Å²) in [4.78, 5) is 28.2. The average Bonchev–Trinajstić information content (AvgIpc) is 2.81. The number of carbonyl (C=O) groups excluding carboxylic acids is 1. The van der Waals surface area contributed by atoms with E-state index in [4.69, 9.17) is 16.7 Å². The van der Waals surface area contributed by atoms with Crippen LogP contribution < -0.4 is 4.80 Å². The molecule has 21 heavy (non-hydrogen) atoms. The number of carbonyl (C=O) groups is 2. The molecule has 6 nitrogen and oxygen atoms in total. The lowest BCUT2D eigenvalue weighted by molar-refractivity contribution is 0.0819. The van der Waals surface area contributed by atoms with Crippen molar-refractivity contribution < 1.29 is 14.7 Å². The first-order valence-electron chi connectivity index (χ1n) is 5.86. The van der Waals surface area contributed by atoms with Gasteiger partial charge in [-0.1, -0.05) is 23.7 Å². The molecule has 0 radical (unpaired) electrons. The van der Waals surface area contributed by atoms with Crippen LogP contribution in [0.25, 0.3) is 5.69 Å². The molecule has 0 bridgehead atoms. The van der Waals surface area contributed by atoms with Crippen LogP contribution in [0.4, 0.5) is 4.79 Å². The maximum atomic E-state index is 12.2. The normalized spacial score (nSPS) is 11.5. The molecule has 1 N–H and O–H groups in total. The van der Waals surface area contributed by atoms with Gasteiger partial charge in [0.2, 0.25) is 4.80 Å². The van der Waals surface area contributed by atoms with Crippen LogP contribution in [0.2, 0.25) is 5.02 Å². The highest BCUT2D eigenvalue weighted by molar-refractivity contribution is 7.07. The third-order valence-corrected chi connectivity index (χ3v) is 3.76. The van der Waals surface area contributed by atoms with Crippen LogP contribution in [0.1, 0.15) is 10.5 Å². The smallest absolute Gasteiger partial charge is 0.433 e. The third-order valence-electron chi connectivity index (χ3n) is 2.62. The first kappa shape index (κ1) is 15.3. The summed E-state index contributed by atoms with van der Waals surface area (Å²) in [7, 11) is 3.23. The molecule has 0 saturated heterocycles. The molecule has 0 aliphatic rings. The molecule has 2 aromatic rings. The van der Waals surface area contributed by atoms with Gasteiger partial charge in [-0.25, -0.2) is 4.79 Å². The predicted molar refractivity (Wildman–Crippen MR) is 80.3 cm³/mol. The van der Waals surface area contributed by atoms with Crippen molar-refractivity contribution in [1.82, 2.24) is 9.47 Å². The van der Waals surface area contributed by atoms with Crippen molar-refractivity contribution >= 4 is 34.9 Å². The van der Waals surface area contributed by atoms with E-state index < -0.39 is 6.09 Å². The molecule has 1 aromatic heterocycles. The number of aromatic nitrogens is 1. The summed E-state index contributed by atoms with van der Waals surface area (Å²) in [6.07, 6.45) is -1.33. The molecule has 2 amide bonds. The maximum Gasteiger partial charge on any atom is 0.433 e. The largest absolute Gasteiger partial charge is 0.463 e. The second kappa shape index (κ2) is 6.11. The number of para-hydroxylation sites is 1. The van der Waals surface area contributed by atoms with Crippen molar-refractivity contribution in [3.05, 3.63) is 45.2 Å². The summed E-state index contributed by atoms with van der Waals surface area (Å²) in [5.74, 6) is -0.266. The van der Waals surface area contributed by atoms with Crippen molar-refractivity contribution in [2.24, 2.45) is 4.99 Å². The van der Waals surface area contributed by atoms with Crippen LogP contribution in [0, 0.1) is 0 Å². The first-order chi connectivity index (χ1) is 9.91. The van der Waals surface area contributed by atoms with Gasteiger partial charge in [-0.15, -0.1) is 16.3 Å². The topological polar surface area (TPSA) is 74.9 Å². The van der Waals surface area contributed by atoms with E-state index in [0.717, 1.165) is 11.3 Å². The Balaban J connectivity index is 2.77. The van der Waals surface area contributed by atoms with Gasteiger partial charge >= 0.3 is 6.09 Å². The molecule has 0 unspecified atom stereocenters. The van der Waals surface area contributed by atoms with Gasteiger partial charge in [-0.2, -0.15) is 0 Å². The van der Waals surface area contributed by atoms with Crippen LogP contribution in [0.15, 0.2) is 34.6 Å². The number of hydrogen-bond acceptors (Lipinski definition) is 3. The van der Waals surface area contributed by atoms with E-state index in [1.165, 1.54) is 9.47 Å². The van der Waals surface area contributed by atoms with E-state index in [1.54, 1.807) is 43.7 Å². The van der Waals surface area contributed by atoms with Crippen LogP contribution in [-0.4, -0.2) is 40.7 Å². The number of carboxylic acid groups (broad SMARTS) is 1. The molecule has 0 aliphatic heterocycles. The number of rotatable bonds is 2. The van der Waals surface area contributed by atoms with E-state index in [0.29, 0.717) is 16.4 Å². The zero-order valence-electron chi connectivity index (χ0n) is 11.3. The van der Waals surface area contributed by atoms with Crippen molar-refractivity contribution in [1.29, 1.82) is 0 Å². The fraction of sp³-hybridized carbons (Fsp3) is 0.154. The summed E-state index contributed by atoms with van der Waals surface area (Å²) in [6.45, 7) is 0. The summed E-state index contributed by atoms with van der Waals surface area (Å²) in [5.41, 5.74) is 0.809. The molecule has 1 aromatic carbocycles. The van der Waals surface area contributed by atoms with E-state index in [-0.39, 0.29) is 10.7 Å². The minimum Gasteiger partial charge on any atom is -0.463 e. The Kier molecular flexibility index (Phi) is 4.44. The molecule has 0 fully saturated rings. The van der Waals surface area contributed by atoms with Crippen molar-refractivity contribution in [2.45, 2.75) is 0 Å². The molecule has 0 saturated carbocycles. The zero-order chi connectivity index (χ0) is 15.6. The third kappa shape index (κ3) is 3.14. The summed E-state index contributed by atoms with van der Waals surface area (Å²) >= 11 is 7.21. The van der Waals surface area contributed by atoms with Gasteiger partial charge in [-0.05, 0) is 12.1 Å². The number of benzene rings is 1. The van der Waals surface area contributed by atoms with Crippen LogP contribution >= 0.6 is 22.9 Å². The van der Waals surface area contributed by atoms with Gasteiger partial charge in [-0.3, -0.25) is 9.36 Å². The van der Waals surface area contributed by atoms with E-state index >= 15 is 0 Å². The lowest BCUT2D eigenvalue weighted by Crippen LogP contribution is -2.27. The maximum absolute atomic E-state index is 12.2. The monoisotopic (exact) mass is 325 g/mol. The minimum atomic E-state index is -1.33. The molecule has 8 heteroatoms. The molecule has 0 atom stereocenters. The molecule has 1 heterocycles. The number of thiazole rings is 1. The predicted octanol–water partition coefficient (Wildman–Crippen LogP) is 2.47. The average molecular weight is 326 g/mol. The Bertz CT molecular complexity index is 764. The lowest BCUT2D eigenvalue weighted by atomic mass is 10.3. The molecular formula is C13H12ClN3O3S. The molecular weight excluding hydrogens is 314 g/mol. The highest BCUT2D eigenvalue weighted by atomic mass is 35.5. The van der Waals surface area contributed by atoms with Crippen LogP contribution in [0.5, 0.6) is 0 Å². The Morgan fingerprint density at radius 1 is 1.33 bits per heavy atom. The molecule has 2 rings (SSSR count). The fourth-order valence-corrected chi connectivity index (χ4v) is 2.79. The number of nitrogens with zero attached hydrogens (tertiary/aromatic N) is 3. The highest BCUT2D eigenvalue weighted by Gasteiger charge is 2.18. The van der Waals surface area contributed by atoms with E-state index in [1.807, 2.05) is 0 Å². The minimum absolute atomic E-state index is 0.167. The van der Waals surface area contributed by atoms with Crippen molar-refractivity contribution in [2.75, 3.05) is 14.1 Å². The van der Waals surface area contributed by atoms with Gasteiger partial charge in [0.05, 0.1) is 10.7 Å². The summed E-state index contributed by atoms with van der Waals surface area (Å²) < 4.78 is 1.45. The quantitative estimate of drug-likeness (QED) is 0.921. The Morgan fingerprint density at radius 3 is 2.57 bits per heavy atom. The van der Waals surface area contributed by atoms with Crippen molar-refractivity contribution in [3.63, 3.8) is 0 Å². The van der Waals surface area contributed by atoms with Crippen molar-refractivity contribution in [3.8, 4) is 5.69 Å². The number of halogens is 1. The first-order valence-corrected chi connectivity index (χ1v) is 7.12. The van der Waals surface area contributed by atoms with E-state index in [2.05, 4.69) is 4.99 Å². The van der Waals surface area contributed by atoms with Gasteiger partial charge in [0.15, 0.2) is 0 Å². The highest BCUT2D eigenvalue weighted by Crippen LogP contribution is 2.21. The molecule has 0 spiro atoms. The lowest BCUT2D eigenvalue weighted by Gasteiger charge is -2.13. The number of hydrogen-bond donors (Lipinski definition) is 1. The summed E-state index contributed by atoms with van der Waals surface area (Å²) in [5, 5.41) is 10.8. The van der Waals surface area contributed by atoms with Crippen LogP contribution in [0.3, 0.4) is 0 Å². The number of amides is 2. The molecule has 0 aliphatic carbocycles. The SMILES string of the molecule is CN(C)C(=O)c1cs/c(=N\C(=O)O)n1-c1ccccc1Cl. The second-order valence-corrected chi connectivity index (χ2v) is 5.53. The van der Waals surface area contributed by atoms with E-state index in [9.17, 15) is 9.59 Å². The van der Waals surface area contributed by atoms with Gasteiger partial charge in [0, 0.05) is 19.5 Å². The van der Waals surface area contributed by atoms with Crippen LogP contribution in [-0.2, 0) is 0 Å². The Hall–Kier alpha value is -2.12. The van der Waals surface area contributed by atoms with Gasteiger partial charge < -0.3 is 10.0 Å². The zero-order valence-corrected chi connectivity index (χ0v) is 12.9. The van der Waals surface area contributed by atoms with Gasteiger partial charge in [0.25, 0.3) is 5.91 Å². The standard InChI is InChI=1S/C13H12ClN3O3S/c1-16(2)11(18)10-7-21-12(15-13(19)20)17(10)9-6-4-3-5-8(9)14/h3-7H,1-2H3,(H,19,20)/b15-12-. The second-order valence-electron chi connectivity index (χ2n) is 4.28. The Morgan fingerprint density at radius 2 is 2.00 bits per heavy atom. The molecule has 110 valence electrons. The fourth-order valence-electron chi connectivity index (χ4n) is 1.72. The van der Waals surface area contributed by atoms with Gasteiger partial charge in [0.1, 0.15) is 5.69 Å².